The van der Waals surface area contributed by atoms with Crippen LogP contribution in [0, 0.1) is 0 Å². The summed E-state index contributed by atoms with van der Waals surface area (Å²) in [6.07, 6.45) is 0. The van der Waals surface area contributed by atoms with Crippen molar-refractivity contribution in [2.75, 3.05) is 13.7 Å². The summed E-state index contributed by atoms with van der Waals surface area (Å²) in [6, 6.07) is 7.37. The van der Waals surface area contributed by atoms with E-state index in [4.69, 9.17) is 9.84 Å². The fourth-order valence-corrected chi connectivity index (χ4v) is 1.93. The van der Waals surface area contributed by atoms with Gasteiger partial charge in [-0.3, -0.25) is 5.32 Å². The van der Waals surface area contributed by atoms with Crippen LogP contribution >= 0.6 is 11.8 Å². The fraction of sp³-hybridized carbons (Fsp3) is 0.364. The number of hydrogen-bond donors (Lipinski definition) is 2. The molecule has 1 aromatic carbocycles. The lowest BCUT2D eigenvalue weighted by atomic mass is 10.3. The van der Waals surface area contributed by atoms with E-state index in [2.05, 4.69) is 5.32 Å². The highest BCUT2D eigenvalue weighted by Gasteiger charge is 2.15. The number of likely N-dealkylation sites (N-methyl/N-ethyl adjacent to an activating group) is 1. The lowest BCUT2D eigenvalue weighted by molar-refractivity contribution is -0.136. The van der Waals surface area contributed by atoms with Gasteiger partial charge in [0.05, 0.1) is 6.61 Å². The SMILES string of the molecule is CCOc1ccc(SC(NC)C(=O)O)cc1. The van der Waals surface area contributed by atoms with E-state index in [1.807, 2.05) is 31.2 Å². The van der Waals surface area contributed by atoms with Crippen molar-refractivity contribution in [1.29, 1.82) is 0 Å². The molecule has 1 atom stereocenters. The Morgan fingerprint density at radius 1 is 1.50 bits per heavy atom. The van der Waals surface area contributed by atoms with E-state index in [9.17, 15) is 4.79 Å². The van der Waals surface area contributed by atoms with Gasteiger partial charge in [-0.05, 0) is 38.2 Å². The van der Waals surface area contributed by atoms with Crippen molar-refractivity contribution in [1.82, 2.24) is 5.32 Å². The number of carbonyl (C=O) groups is 1. The zero-order valence-corrected chi connectivity index (χ0v) is 10.1. The van der Waals surface area contributed by atoms with Crippen LogP contribution in [0.5, 0.6) is 5.75 Å². The van der Waals surface area contributed by atoms with E-state index in [-0.39, 0.29) is 0 Å². The van der Waals surface area contributed by atoms with Crippen LogP contribution in [0.3, 0.4) is 0 Å². The first-order valence-corrected chi connectivity index (χ1v) is 5.85. The largest absolute Gasteiger partial charge is 0.494 e. The summed E-state index contributed by atoms with van der Waals surface area (Å²) in [5.74, 6) is -0.0791. The third-order valence-electron chi connectivity index (χ3n) is 1.88. The summed E-state index contributed by atoms with van der Waals surface area (Å²) in [5.41, 5.74) is 0. The second-order valence-corrected chi connectivity index (χ2v) is 4.21. The Morgan fingerprint density at radius 2 is 2.12 bits per heavy atom. The van der Waals surface area contributed by atoms with Crippen LogP contribution in [0.25, 0.3) is 0 Å². The van der Waals surface area contributed by atoms with Crippen LogP contribution in [0.2, 0.25) is 0 Å². The maximum absolute atomic E-state index is 10.8. The Kier molecular flexibility index (Phi) is 5.14. The van der Waals surface area contributed by atoms with Gasteiger partial charge >= 0.3 is 5.97 Å². The Morgan fingerprint density at radius 3 is 2.56 bits per heavy atom. The molecule has 1 rings (SSSR count). The van der Waals surface area contributed by atoms with Gasteiger partial charge < -0.3 is 9.84 Å². The van der Waals surface area contributed by atoms with E-state index >= 15 is 0 Å². The third kappa shape index (κ3) is 3.75. The lowest BCUT2D eigenvalue weighted by Gasteiger charge is -2.10. The minimum absolute atomic E-state index is 0.626. The van der Waals surface area contributed by atoms with Crippen LogP contribution in [0.15, 0.2) is 29.2 Å². The highest BCUT2D eigenvalue weighted by atomic mass is 32.2. The summed E-state index contributed by atoms with van der Waals surface area (Å²) in [7, 11) is 1.63. The van der Waals surface area contributed by atoms with Gasteiger partial charge in [0.2, 0.25) is 0 Å². The second kappa shape index (κ2) is 6.40. The van der Waals surface area contributed by atoms with Gasteiger partial charge in [-0.15, -0.1) is 0 Å². The number of rotatable bonds is 6. The Balaban J connectivity index is 2.63. The second-order valence-electron chi connectivity index (χ2n) is 3.03. The van der Waals surface area contributed by atoms with Gasteiger partial charge in [-0.25, -0.2) is 4.79 Å². The number of carboxylic acid groups (broad SMARTS) is 1. The molecule has 0 saturated carbocycles. The molecule has 1 aromatic rings. The molecule has 5 heteroatoms. The lowest BCUT2D eigenvalue weighted by Crippen LogP contribution is -2.30. The summed E-state index contributed by atoms with van der Waals surface area (Å²) in [4.78, 5) is 11.7. The van der Waals surface area contributed by atoms with E-state index in [0.717, 1.165) is 10.6 Å². The molecule has 88 valence electrons. The molecule has 0 heterocycles. The normalized spacial score (nSPS) is 12.1. The van der Waals surface area contributed by atoms with E-state index in [1.54, 1.807) is 7.05 Å². The molecule has 0 aliphatic heterocycles. The average molecular weight is 241 g/mol. The minimum atomic E-state index is -0.874. The molecule has 0 spiro atoms. The number of ether oxygens (including phenoxy) is 1. The predicted octanol–water partition coefficient (Wildman–Crippen LogP) is 1.81. The molecule has 0 bridgehead atoms. The highest BCUT2D eigenvalue weighted by Crippen LogP contribution is 2.24. The van der Waals surface area contributed by atoms with Gasteiger partial charge in [-0.2, -0.15) is 0 Å². The molecular formula is C11H15NO3S. The van der Waals surface area contributed by atoms with Crippen LogP contribution < -0.4 is 10.1 Å². The fourth-order valence-electron chi connectivity index (χ4n) is 1.15. The smallest absolute Gasteiger partial charge is 0.331 e. The molecule has 0 aromatic heterocycles. The van der Waals surface area contributed by atoms with E-state index < -0.39 is 11.3 Å². The first-order valence-electron chi connectivity index (χ1n) is 4.97. The number of hydrogen-bond acceptors (Lipinski definition) is 4. The topological polar surface area (TPSA) is 58.6 Å². The monoisotopic (exact) mass is 241 g/mol. The number of nitrogens with one attached hydrogen (secondary N) is 1. The van der Waals surface area contributed by atoms with Crippen LogP contribution in [-0.2, 0) is 4.79 Å². The van der Waals surface area contributed by atoms with Crippen LogP contribution in [-0.4, -0.2) is 30.1 Å². The molecule has 4 nitrogen and oxygen atoms in total. The number of aliphatic carboxylic acids is 1. The van der Waals surface area contributed by atoms with Gasteiger partial charge in [0.15, 0.2) is 5.37 Å². The number of benzene rings is 1. The molecule has 0 saturated heterocycles. The predicted molar refractivity (Wildman–Crippen MR) is 64.0 cm³/mol. The molecule has 0 fully saturated rings. The zero-order chi connectivity index (χ0) is 12.0. The maximum atomic E-state index is 10.8. The molecule has 0 aliphatic rings. The molecule has 1 unspecified atom stereocenters. The van der Waals surface area contributed by atoms with Crippen molar-refractivity contribution in [2.45, 2.75) is 17.2 Å². The van der Waals surface area contributed by atoms with Gasteiger partial charge in [0.1, 0.15) is 5.75 Å². The average Bonchev–Trinajstić information content (AvgIpc) is 2.28. The number of carboxylic acids is 1. The third-order valence-corrected chi connectivity index (χ3v) is 3.09. The first kappa shape index (κ1) is 12.9. The van der Waals surface area contributed by atoms with E-state index in [0.29, 0.717) is 6.61 Å². The van der Waals surface area contributed by atoms with Crippen LogP contribution in [0.4, 0.5) is 0 Å². The highest BCUT2D eigenvalue weighted by molar-refractivity contribution is 8.00. The molecule has 0 amide bonds. The summed E-state index contributed by atoms with van der Waals surface area (Å²) in [5, 5.41) is 11.0. The van der Waals surface area contributed by atoms with Crippen molar-refractivity contribution in [3.8, 4) is 5.75 Å². The molecular weight excluding hydrogens is 226 g/mol. The summed E-state index contributed by atoms with van der Waals surface area (Å²) in [6.45, 7) is 2.55. The first-order chi connectivity index (χ1) is 7.67. The van der Waals surface area contributed by atoms with Crippen molar-refractivity contribution in [2.24, 2.45) is 0 Å². The van der Waals surface area contributed by atoms with Crippen LogP contribution in [0.1, 0.15) is 6.92 Å². The molecule has 0 radical (unpaired) electrons. The standard InChI is InChI=1S/C11H15NO3S/c1-3-15-8-4-6-9(7-5-8)16-10(12-2)11(13)14/h4-7,10,12H,3H2,1-2H3,(H,13,14). The van der Waals surface area contributed by atoms with Crippen molar-refractivity contribution < 1.29 is 14.6 Å². The van der Waals surface area contributed by atoms with Crippen molar-refractivity contribution in [3.05, 3.63) is 24.3 Å². The summed E-state index contributed by atoms with van der Waals surface area (Å²) < 4.78 is 5.30. The number of thioether (sulfide) groups is 1. The van der Waals surface area contributed by atoms with Crippen molar-refractivity contribution in [3.63, 3.8) is 0 Å². The van der Waals surface area contributed by atoms with Crippen molar-refractivity contribution >= 4 is 17.7 Å². The zero-order valence-electron chi connectivity index (χ0n) is 9.27. The Hall–Kier alpha value is -1.20. The van der Waals surface area contributed by atoms with E-state index in [1.165, 1.54) is 11.8 Å². The maximum Gasteiger partial charge on any atom is 0.331 e. The Labute approximate surface area is 99.0 Å². The quantitative estimate of drug-likeness (QED) is 0.587. The molecule has 2 N–H and O–H groups in total. The van der Waals surface area contributed by atoms with Gasteiger partial charge in [0.25, 0.3) is 0 Å². The van der Waals surface area contributed by atoms with Gasteiger partial charge in [-0.1, -0.05) is 11.8 Å². The minimum Gasteiger partial charge on any atom is -0.494 e. The molecule has 16 heavy (non-hydrogen) atoms. The Bertz CT molecular complexity index is 340. The van der Waals surface area contributed by atoms with Gasteiger partial charge in [0, 0.05) is 4.90 Å². The summed E-state index contributed by atoms with van der Waals surface area (Å²) >= 11 is 1.26. The molecule has 0 aliphatic carbocycles.